The smallest absolute Gasteiger partial charge is 0.258 e. The molecule has 0 spiro atoms. The molecule has 0 saturated carbocycles. The first-order valence-corrected chi connectivity index (χ1v) is 9.86. The van der Waals surface area contributed by atoms with Crippen LogP contribution in [0.2, 0.25) is 0 Å². The van der Waals surface area contributed by atoms with E-state index >= 15 is 0 Å². The van der Waals surface area contributed by atoms with Crippen LogP contribution in [-0.2, 0) is 12.3 Å². The van der Waals surface area contributed by atoms with Crippen LogP contribution >= 0.6 is 11.8 Å². The molecular weight excluding hydrogens is 370 g/mol. The second-order valence-electron chi connectivity index (χ2n) is 6.33. The van der Waals surface area contributed by atoms with Crippen molar-refractivity contribution in [3.63, 3.8) is 0 Å². The van der Waals surface area contributed by atoms with E-state index in [1.54, 1.807) is 16.7 Å². The van der Waals surface area contributed by atoms with Gasteiger partial charge in [0.1, 0.15) is 5.65 Å². The normalized spacial score (nSPS) is 11.0. The highest BCUT2D eigenvalue weighted by Crippen LogP contribution is 2.26. The lowest BCUT2D eigenvalue weighted by Gasteiger charge is -2.08. The first-order chi connectivity index (χ1) is 13.7. The van der Waals surface area contributed by atoms with Crippen LogP contribution in [0, 0.1) is 6.92 Å². The van der Waals surface area contributed by atoms with Crippen molar-refractivity contribution in [3.05, 3.63) is 89.0 Å². The van der Waals surface area contributed by atoms with Gasteiger partial charge >= 0.3 is 0 Å². The Hall–Kier alpha value is -3.19. The molecule has 0 radical (unpaired) electrons. The summed E-state index contributed by atoms with van der Waals surface area (Å²) in [6.45, 7) is 6.40. The van der Waals surface area contributed by atoms with Gasteiger partial charge in [0.15, 0.2) is 11.0 Å². The highest BCUT2D eigenvalue weighted by molar-refractivity contribution is 7.98. The maximum absolute atomic E-state index is 12.4. The van der Waals surface area contributed by atoms with E-state index in [2.05, 4.69) is 21.8 Å². The maximum atomic E-state index is 12.4. The van der Waals surface area contributed by atoms with Gasteiger partial charge in [-0.1, -0.05) is 54.2 Å². The molecule has 0 aliphatic rings. The van der Waals surface area contributed by atoms with Crippen LogP contribution < -0.4 is 5.56 Å². The van der Waals surface area contributed by atoms with Crippen molar-refractivity contribution in [2.75, 3.05) is 0 Å². The molecule has 28 heavy (non-hydrogen) atoms. The van der Waals surface area contributed by atoms with Crippen molar-refractivity contribution in [2.24, 2.45) is 0 Å². The summed E-state index contributed by atoms with van der Waals surface area (Å²) < 4.78 is 3.59. The molecule has 4 aromatic rings. The molecule has 0 unspecified atom stereocenters. The molecule has 0 aliphatic heterocycles. The molecule has 140 valence electrons. The number of aryl methyl sites for hydroxylation is 1. The number of allylic oxidation sites excluding steroid dienone is 1. The number of fused-ring (bicyclic) bond motifs is 1. The first kappa shape index (κ1) is 18.2. The predicted molar refractivity (Wildman–Crippen MR) is 111 cm³/mol. The van der Waals surface area contributed by atoms with Crippen molar-refractivity contribution in [1.29, 1.82) is 0 Å². The fourth-order valence-corrected chi connectivity index (χ4v) is 3.85. The summed E-state index contributed by atoms with van der Waals surface area (Å²) in [6.07, 6.45) is 3.56. The molecule has 0 saturated heterocycles. The lowest BCUT2D eigenvalue weighted by atomic mass is 10.2. The summed E-state index contributed by atoms with van der Waals surface area (Å²) in [6, 6.07) is 15.3. The predicted octanol–water partition coefficient (Wildman–Crippen LogP) is 3.74. The molecular formula is C21H19N5OS. The third kappa shape index (κ3) is 3.48. The second kappa shape index (κ2) is 7.82. The number of rotatable bonds is 6. The molecule has 3 aromatic heterocycles. The van der Waals surface area contributed by atoms with Crippen LogP contribution in [0.5, 0.6) is 0 Å². The van der Waals surface area contributed by atoms with Crippen LogP contribution in [0.3, 0.4) is 0 Å². The third-order valence-corrected chi connectivity index (χ3v) is 5.35. The minimum atomic E-state index is -0.0816. The molecule has 0 atom stereocenters. The van der Waals surface area contributed by atoms with Gasteiger partial charge < -0.3 is 0 Å². The van der Waals surface area contributed by atoms with Gasteiger partial charge in [0, 0.05) is 30.1 Å². The molecule has 4 rings (SSSR count). The molecule has 7 heteroatoms. The quantitative estimate of drug-likeness (QED) is 0.371. The van der Waals surface area contributed by atoms with Crippen LogP contribution in [0.1, 0.15) is 11.3 Å². The Morgan fingerprint density at radius 2 is 1.96 bits per heavy atom. The van der Waals surface area contributed by atoms with Gasteiger partial charge in [-0.25, -0.2) is 4.98 Å². The van der Waals surface area contributed by atoms with Gasteiger partial charge in [-0.05, 0) is 18.6 Å². The van der Waals surface area contributed by atoms with Crippen LogP contribution in [-0.4, -0.2) is 24.1 Å². The Balaban J connectivity index is 1.64. The Morgan fingerprint density at radius 1 is 1.14 bits per heavy atom. The van der Waals surface area contributed by atoms with Gasteiger partial charge in [0.2, 0.25) is 0 Å². The van der Waals surface area contributed by atoms with E-state index in [1.165, 1.54) is 11.8 Å². The summed E-state index contributed by atoms with van der Waals surface area (Å²) in [5.74, 6) is 1.33. The average Bonchev–Trinajstić information content (AvgIpc) is 3.11. The summed E-state index contributed by atoms with van der Waals surface area (Å²) >= 11 is 1.51. The Bertz CT molecular complexity index is 1200. The number of aromatic nitrogens is 5. The largest absolute Gasteiger partial charge is 0.298 e. The minimum Gasteiger partial charge on any atom is -0.298 e. The van der Waals surface area contributed by atoms with E-state index in [0.29, 0.717) is 17.9 Å². The standard InChI is InChI=1S/C21H19N5OS/c1-3-11-26-20(16-9-5-4-6-10-16)23-24-21(26)28-14-17-13-18(27)25-12-7-8-15(2)19(25)22-17/h3-10,12-13H,1,11,14H2,2H3. The van der Waals surface area contributed by atoms with Crippen molar-refractivity contribution in [1.82, 2.24) is 24.1 Å². The van der Waals surface area contributed by atoms with Crippen molar-refractivity contribution < 1.29 is 0 Å². The summed E-state index contributed by atoms with van der Waals surface area (Å²) in [5.41, 5.74) is 3.29. The minimum absolute atomic E-state index is 0.0816. The zero-order valence-electron chi connectivity index (χ0n) is 15.4. The Morgan fingerprint density at radius 3 is 2.75 bits per heavy atom. The number of nitrogens with zero attached hydrogens (tertiary/aromatic N) is 5. The monoisotopic (exact) mass is 389 g/mol. The highest BCUT2D eigenvalue weighted by atomic mass is 32.2. The van der Waals surface area contributed by atoms with Gasteiger partial charge in [0.25, 0.3) is 5.56 Å². The number of benzene rings is 1. The van der Waals surface area contributed by atoms with Crippen LogP contribution in [0.25, 0.3) is 17.0 Å². The maximum Gasteiger partial charge on any atom is 0.258 e. The summed E-state index contributed by atoms with van der Waals surface area (Å²) in [5, 5.41) is 9.47. The van der Waals surface area contributed by atoms with Gasteiger partial charge in [-0.2, -0.15) is 0 Å². The number of pyridine rings is 1. The third-order valence-electron chi connectivity index (χ3n) is 4.35. The van der Waals surface area contributed by atoms with E-state index in [0.717, 1.165) is 27.8 Å². The molecule has 1 aromatic carbocycles. The van der Waals surface area contributed by atoms with Crippen molar-refractivity contribution >= 4 is 17.4 Å². The molecule has 6 nitrogen and oxygen atoms in total. The number of thioether (sulfide) groups is 1. The van der Waals surface area contributed by atoms with Crippen LogP contribution in [0.15, 0.2) is 77.3 Å². The van der Waals surface area contributed by atoms with E-state index in [9.17, 15) is 4.79 Å². The van der Waals surface area contributed by atoms with Crippen LogP contribution in [0.4, 0.5) is 0 Å². The molecule has 3 heterocycles. The number of hydrogen-bond acceptors (Lipinski definition) is 5. The molecule has 0 N–H and O–H groups in total. The van der Waals surface area contributed by atoms with E-state index in [4.69, 9.17) is 0 Å². The zero-order chi connectivity index (χ0) is 19.5. The Labute approximate surface area is 166 Å². The molecule has 0 fully saturated rings. The Kier molecular flexibility index (Phi) is 5.08. The van der Waals surface area contributed by atoms with Crippen molar-refractivity contribution in [3.8, 4) is 11.4 Å². The highest BCUT2D eigenvalue weighted by Gasteiger charge is 2.14. The van der Waals surface area contributed by atoms with Crippen molar-refractivity contribution in [2.45, 2.75) is 24.4 Å². The van der Waals surface area contributed by atoms with Gasteiger partial charge in [-0.15, -0.1) is 16.8 Å². The fraction of sp³-hybridized carbons (Fsp3) is 0.143. The fourth-order valence-electron chi connectivity index (χ4n) is 3.01. The second-order valence-corrected chi connectivity index (χ2v) is 7.27. The lowest BCUT2D eigenvalue weighted by molar-refractivity contribution is 0.731. The van der Waals surface area contributed by atoms with E-state index in [-0.39, 0.29) is 5.56 Å². The summed E-state index contributed by atoms with van der Waals surface area (Å²) in [4.78, 5) is 17.0. The zero-order valence-corrected chi connectivity index (χ0v) is 16.3. The topological polar surface area (TPSA) is 65.1 Å². The summed E-state index contributed by atoms with van der Waals surface area (Å²) in [7, 11) is 0. The molecule has 0 aliphatic carbocycles. The molecule has 0 bridgehead atoms. The van der Waals surface area contributed by atoms with E-state index < -0.39 is 0 Å². The average molecular weight is 389 g/mol. The lowest BCUT2D eigenvalue weighted by Crippen LogP contribution is -2.15. The molecule has 0 amide bonds. The van der Waals surface area contributed by atoms with E-state index in [1.807, 2.05) is 60.0 Å². The first-order valence-electron chi connectivity index (χ1n) is 8.87. The van der Waals surface area contributed by atoms with Gasteiger partial charge in [0.05, 0.1) is 5.69 Å². The van der Waals surface area contributed by atoms with Gasteiger partial charge in [-0.3, -0.25) is 13.8 Å². The number of hydrogen-bond donors (Lipinski definition) is 0. The SMILES string of the molecule is C=CCn1c(SCc2cc(=O)n3cccc(C)c3n2)nnc1-c1ccccc1.